The third-order valence-electron chi connectivity index (χ3n) is 6.62. The Kier molecular flexibility index (Phi) is 5.77. The first kappa shape index (κ1) is 21.5. The first-order valence-corrected chi connectivity index (χ1v) is 11.7. The third-order valence-corrected chi connectivity index (χ3v) is 6.62. The van der Waals surface area contributed by atoms with Crippen LogP contribution in [0.4, 0.5) is 11.5 Å². The van der Waals surface area contributed by atoms with Crippen LogP contribution < -0.4 is 15.1 Å². The molecule has 2 aromatic carbocycles. The summed E-state index contributed by atoms with van der Waals surface area (Å²) in [7, 11) is 0. The molecule has 2 saturated heterocycles. The number of piperazine rings is 1. The smallest absolute Gasteiger partial charge is 0.227 e. The Morgan fingerprint density at radius 2 is 1.67 bits per heavy atom. The van der Waals surface area contributed by atoms with Crippen molar-refractivity contribution in [3.8, 4) is 28.0 Å². The van der Waals surface area contributed by atoms with Crippen LogP contribution in [-0.2, 0) is 4.79 Å². The number of phenols is 1. The van der Waals surface area contributed by atoms with Crippen molar-refractivity contribution in [3.05, 3.63) is 59.8 Å². The average Bonchev–Trinajstić information content (AvgIpc) is 3.26. The van der Waals surface area contributed by atoms with Gasteiger partial charge in [0.25, 0.3) is 0 Å². The van der Waals surface area contributed by atoms with Crippen LogP contribution in [0.2, 0.25) is 0 Å². The van der Waals surface area contributed by atoms with E-state index in [2.05, 4.69) is 34.3 Å². The summed E-state index contributed by atoms with van der Waals surface area (Å²) < 4.78 is 0. The van der Waals surface area contributed by atoms with Crippen LogP contribution in [0.3, 0.4) is 0 Å². The summed E-state index contributed by atoms with van der Waals surface area (Å²) in [5, 5.41) is 14.7. The SMILES string of the molecule is Cc1cc(-c2ccnc(N3CCNCC3)c2)c(O)c(-c2ccc(N3CCCC3=O)c(C)c2)c1. The number of nitrogens with one attached hydrogen (secondary N) is 1. The summed E-state index contributed by atoms with van der Waals surface area (Å²) in [4.78, 5) is 20.9. The van der Waals surface area contributed by atoms with Gasteiger partial charge in [0.2, 0.25) is 5.91 Å². The Balaban J connectivity index is 1.52. The lowest BCUT2D eigenvalue weighted by molar-refractivity contribution is -0.117. The van der Waals surface area contributed by atoms with Crippen molar-refractivity contribution in [2.75, 3.05) is 42.5 Å². The topological polar surface area (TPSA) is 68.7 Å². The van der Waals surface area contributed by atoms with E-state index in [9.17, 15) is 9.90 Å². The molecule has 6 nitrogen and oxygen atoms in total. The second-order valence-electron chi connectivity index (χ2n) is 9.00. The van der Waals surface area contributed by atoms with Crippen LogP contribution in [0.1, 0.15) is 24.0 Å². The standard InChI is InChI=1S/C27H30N4O2/c1-18-14-22(20-5-6-24(19(2)16-20)31-11-3-4-26(31)32)27(33)23(15-18)21-7-8-29-25(17-21)30-12-9-28-10-13-30/h5-8,14-17,28,33H,3-4,9-13H2,1-2H3. The van der Waals surface area contributed by atoms with E-state index in [0.717, 1.165) is 84.0 Å². The summed E-state index contributed by atoms with van der Waals surface area (Å²) in [6.07, 6.45) is 3.34. The second kappa shape index (κ2) is 8.87. The predicted molar refractivity (Wildman–Crippen MR) is 133 cm³/mol. The van der Waals surface area contributed by atoms with Crippen LogP contribution in [0.5, 0.6) is 5.75 Å². The Bertz CT molecular complexity index is 1200. The maximum Gasteiger partial charge on any atom is 0.227 e. The van der Waals surface area contributed by atoms with Crippen LogP contribution in [0.25, 0.3) is 22.3 Å². The molecule has 2 aliphatic heterocycles. The van der Waals surface area contributed by atoms with Gasteiger partial charge in [-0.15, -0.1) is 0 Å². The number of phenolic OH excluding ortho intramolecular Hbond substituents is 1. The lowest BCUT2D eigenvalue weighted by Gasteiger charge is -2.28. The highest BCUT2D eigenvalue weighted by Gasteiger charge is 2.23. The number of carbonyl (C=O) groups is 1. The molecule has 33 heavy (non-hydrogen) atoms. The van der Waals surface area contributed by atoms with Crippen LogP contribution in [-0.4, -0.2) is 48.7 Å². The molecular formula is C27H30N4O2. The number of nitrogens with zero attached hydrogens (tertiary/aromatic N) is 3. The first-order valence-electron chi connectivity index (χ1n) is 11.7. The first-order chi connectivity index (χ1) is 16.0. The minimum atomic E-state index is 0.185. The van der Waals surface area contributed by atoms with Crippen molar-refractivity contribution in [3.63, 3.8) is 0 Å². The van der Waals surface area contributed by atoms with Gasteiger partial charge in [0.05, 0.1) is 0 Å². The lowest BCUT2D eigenvalue weighted by atomic mass is 9.94. The zero-order valence-electron chi connectivity index (χ0n) is 19.3. The number of amides is 1. The molecule has 3 heterocycles. The van der Waals surface area contributed by atoms with Gasteiger partial charge < -0.3 is 20.2 Å². The fraction of sp³-hybridized carbons (Fsp3) is 0.333. The number of aromatic nitrogens is 1. The maximum absolute atomic E-state index is 12.2. The zero-order valence-corrected chi connectivity index (χ0v) is 19.3. The molecule has 2 N–H and O–H groups in total. The summed E-state index contributed by atoms with van der Waals surface area (Å²) >= 11 is 0. The molecule has 0 atom stereocenters. The number of aryl methyl sites for hydroxylation is 2. The van der Waals surface area contributed by atoms with Gasteiger partial charge >= 0.3 is 0 Å². The molecule has 170 valence electrons. The monoisotopic (exact) mass is 442 g/mol. The van der Waals surface area contributed by atoms with Gasteiger partial charge in [-0.2, -0.15) is 0 Å². The average molecular weight is 443 g/mol. The van der Waals surface area contributed by atoms with E-state index < -0.39 is 0 Å². The predicted octanol–water partition coefficient (Wildman–Crippen LogP) is 4.27. The molecule has 3 aromatic rings. The van der Waals surface area contributed by atoms with Gasteiger partial charge in [0.1, 0.15) is 11.6 Å². The number of pyridine rings is 1. The van der Waals surface area contributed by atoms with Crippen LogP contribution in [0, 0.1) is 13.8 Å². The molecule has 0 spiro atoms. The molecule has 6 heteroatoms. The normalized spacial score (nSPS) is 16.5. The van der Waals surface area contributed by atoms with Gasteiger partial charge in [-0.05, 0) is 78.9 Å². The fourth-order valence-corrected chi connectivity index (χ4v) is 4.90. The minimum Gasteiger partial charge on any atom is -0.507 e. The molecule has 0 saturated carbocycles. The van der Waals surface area contributed by atoms with Crippen molar-refractivity contribution in [2.45, 2.75) is 26.7 Å². The van der Waals surface area contributed by atoms with Crippen molar-refractivity contribution in [1.29, 1.82) is 0 Å². The summed E-state index contributed by atoms with van der Waals surface area (Å²) in [5.74, 6) is 1.39. The molecule has 0 unspecified atom stereocenters. The molecule has 0 bridgehead atoms. The highest BCUT2D eigenvalue weighted by atomic mass is 16.3. The van der Waals surface area contributed by atoms with E-state index >= 15 is 0 Å². The Morgan fingerprint density at radius 3 is 2.33 bits per heavy atom. The number of aromatic hydroxyl groups is 1. The highest BCUT2D eigenvalue weighted by molar-refractivity contribution is 5.96. The molecule has 0 radical (unpaired) electrons. The second-order valence-corrected chi connectivity index (χ2v) is 9.00. The lowest BCUT2D eigenvalue weighted by Crippen LogP contribution is -2.43. The third kappa shape index (κ3) is 4.18. The van der Waals surface area contributed by atoms with Crippen molar-refractivity contribution in [1.82, 2.24) is 10.3 Å². The molecule has 5 rings (SSSR count). The van der Waals surface area contributed by atoms with Crippen molar-refractivity contribution < 1.29 is 9.90 Å². The zero-order chi connectivity index (χ0) is 22.9. The van der Waals surface area contributed by atoms with E-state index in [0.29, 0.717) is 6.42 Å². The summed E-state index contributed by atoms with van der Waals surface area (Å²) in [6.45, 7) is 8.60. The van der Waals surface area contributed by atoms with Crippen molar-refractivity contribution in [2.24, 2.45) is 0 Å². The van der Waals surface area contributed by atoms with E-state index in [1.807, 2.05) is 48.4 Å². The van der Waals surface area contributed by atoms with Gasteiger partial charge in [-0.1, -0.05) is 6.07 Å². The Hall–Kier alpha value is -3.38. The number of rotatable bonds is 4. The minimum absolute atomic E-state index is 0.185. The fourth-order valence-electron chi connectivity index (χ4n) is 4.90. The van der Waals surface area contributed by atoms with Crippen molar-refractivity contribution >= 4 is 17.4 Å². The molecule has 2 aliphatic rings. The largest absolute Gasteiger partial charge is 0.507 e. The van der Waals surface area contributed by atoms with E-state index in [1.165, 1.54) is 0 Å². The van der Waals surface area contributed by atoms with E-state index in [1.54, 1.807) is 0 Å². The molecule has 2 fully saturated rings. The van der Waals surface area contributed by atoms with E-state index in [4.69, 9.17) is 0 Å². The number of hydrogen-bond donors (Lipinski definition) is 2. The van der Waals surface area contributed by atoms with Crippen LogP contribution >= 0.6 is 0 Å². The number of hydrogen-bond acceptors (Lipinski definition) is 5. The molecule has 1 amide bonds. The summed E-state index contributed by atoms with van der Waals surface area (Å²) in [6, 6.07) is 14.1. The van der Waals surface area contributed by atoms with Gasteiger partial charge in [0, 0.05) is 62.2 Å². The number of benzene rings is 2. The Morgan fingerprint density at radius 1 is 0.939 bits per heavy atom. The maximum atomic E-state index is 12.2. The highest BCUT2D eigenvalue weighted by Crippen LogP contribution is 2.41. The van der Waals surface area contributed by atoms with Gasteiger partial charge in [-0.25, -0.2) is 4.98 Å². The molecular weight excluding hydrogens is 412 g/mol. The molecule has 1 aromatic heterocycles. The molecule has 0 aliphatic carbocycles. The Labute approximate surface area is 194 Å². The van der Waals surface area contributed by atoms with Gasteiger partial charge in [0.15, 0.2) is 0 Å². The van der Waals surface area contributed by atoms with Crippen LogP contribution in [0.15, 0.2) is 48.7 Å². The van der Waals surface area contributed by atoms with E-state index in [-0.39, 0.29) is 11.7 Å². The summed E-state index contributed by atoms with van der Waals surface area (Å²) in [5.41, 5.74) is 6.58. The number of anilines is 2. The number of carbonyl (C=O) groups excluding carboxylic acids is 1. The quantitative estimate of drug-likeness (QED) is 0.631. The van der Waals surface area contributed by atoms with Gasteiger partial charge in [-0.3, -0.25) is 4.79 Å².